The largest absolute Gasteiger partial charge is 0.384 e. The number of carbonyl (C=O) groups is 1. The number of rotatable bonds is 13. The van der Waals surface area contributed by atoms with Gasteiger partial charge in [-0.1, -0.05) is 121 Å². The van der Waals surface area contributed by atoms with Crippen LogP contribution in [0.3, 0.4) is 0 Å². The van der Waals surface area contributed by atoms with Crippen molar-refractivity contribution in [3.63, 3.8) is 0 Å². The van der Waals surface area contributed by atoms with E-state index in [2.05, 4.69) is 0 Å². The van der Waals surface area contributed by atoms with Gasteiger partial charge in [-0.05, 0) is 22.3 Å². The standard InChI is InChI=1S/C35H36O6/c36-31-21-35(37,26-38-22-27-13-5-1-6-14-27)34(41-25-30-19-11-4-12-20-30)33(40-24-29-17-9-3-10-18-29)32(31)39-23-28-15-7-2-8-16-28/h1-20,32-34,37H,21-26H2/t32-,33+,34-,35+/m0/s1/i21D/t21-,32+,33-,34+,35-/m1. The lowest BCUT2D eigenvalue weighted by Crippen LogP contribution is -2.65. The molecule has 5 atom stereocenters. The van der Waals surface area contributed by atoms with Crippen LogP contribution >= 0.6 is 0 Å². The SMILES string of the molecule is [2H][C@@H]1C(=O)[C@H](OCc2ccccc2)[C@@H](OCc2ccccc2)[C@H](OCc2ccccc2)[C@]1(O)COCc1ccccc1. The number of Topliss-reactive ketones (excluding diaryl/α,β-unsaturated/α-hetero) is 1. The summed E-state index contributed by atoms with van der Waals surface area (Å²) in [7, 11) is 0. The molecule has 4 aromatic rings. The summed E-state index contributed by atoms with van der Waals surface area (Å²) in [6.07, 6.45) is -4.81. The van der Waals surface area contributed by atoms with E-state index in [1.54, 1.807) is 0 Å². The Labute approximate surface area is 242 Å². The third-order valence-corrected chi connectivity index (χ3v) is 7.04. The van der Waals surface area contributed by atoms with Crippen molar-refractivity contribution in [1.29, 1.82) is 0 Å². The molecule has 0 bridgehead atoms. The van der Waals surface area contributed by atoms with Crippen molar-refractivity contribution in [2.45, 2.75) is 56.7 Å². The van der Waals surface area contributed by atoms with Gasteiger partial charge in [0.15, 0.2) is 5.78 Å². The minimum Gasteiger partial charge on any atom is -0.384 e. The molecule has 0 aromatic heterocycles. The molecule has 0 unspecified atom stereocenters. The molecule has 212 valence electrons. The van der Waals surface area contributed by atoms with Crippen molar-refractivity contribution in [3.8, 4) is 0 Å². The summed E-state index contributed by atoms with van der Waals surface area (Å²) >= 11 is 0. The van der Waals surface area contributed by atoms with E-state index in [-0.39, 0.29) is 33.0 Å². The zero-order chi connectivity index (χ0) is 29.2. The number of hydrogen-bond donors (Lipinski definition) is 1. The van der Waals surface area contributed by atoms with Crippen LogP contribution in [0.1, 0.15) is 30.0 Å². The summed E-state index contributed by atoms with van der Waals surface area (Å²) in [5.41, 5.74) is 1.57. The van der Waals surface area contributed by atoms with Crippen LogP contribution in [-0.2, 0) is 50.2 Å². The molecule has 41 heavy (non-hydrogen) atoms. The van der Waals surface area contributed by atoms with E-state index in [9.17, 15) is 9.90 Å². The van der Waals surface area contributed by atoms with Crippen LogP contribution in [0.4, 0.5) is 0 Å². The number of hydrogen-bond acceptors (Lipinski definition) is 6. The Morgan fingerprint density at radius 3 is 1.54 bits per heavy atom. The van der Waals surface area contributed by atoms with E-state index in [0.717, 1.165) is 22.3 Å². The molecule has 1 fully saturated rings. The van der Waals surface area contributed by atoms with Gasteiger partial charge in [-0.15, -0.1) is 0 Å². The predicted molar refractivity (Wildman–Crippen MR) is 156 cm³/mol. The topological polar surface area (TPSA) is 74.2 Å². The first-order valence-electron chi connectivity index (χ1n) is 14.4. The number of carbonyl (C=O) groups excluding carboxylic acids is 1. The second kappa shape index (κ2) is 14.3. The number of ether oxygens (including phenoxy) is 4. The van der Waals surface area contributed by atoms with E-state index < -0.39 is 36.1 Å². The third-order valence-electron chi connectivity index (χ3n) is 7.04. The number of benzene rings is 4. The Morgan fingerprint density at radius 1 is 0.634 bits per heavy atom. The summed E-state index contributed by atoms with van der Waals surface area (Å²) < 4.78 is 33.8. The molecular weight excluding hydrogens is 516 g/mol. The van der Waals surface area contributed by atoms with Gasteiger partial charge in [-0.2, -0.15) is 0 Å². The zero-order valence-corrected chi connectivity index (χ0v) is 22.9. The summed E-state index contributed by atoms with van der Waals surface area (Å²) in [6.45, 7) is 0.364. The van der Waals surface area contributed by atoms with Crippen LogP contribution in [-0.4, -0.2) is 41.4 Å². The van der Waals surface area contributed by atoms with Gasteiger partial charge in [-0.25, -0.2) is 0 Å². The average Bonchev–Trinajstić information content (AvgIpc) is 3.04. The molecule has 1 aliphatic rings. The van der Waals surface area contributed by atoms with Gasteiger partial charge in [0.1, 0.15) is 23.9 Å². The van der Waals surface area contributed by atoms with Crippen LogP contribution in [0.15, 0.2) is 121 Å². The second-order valence-electron chi connectivity index (χ2n) is 10.2. The quantitative estimate of drug-likeness (QED) is 0.230. The van der Waals surface area contributed by atoms with E-state index in [1.165, 1.54) is 0 Å². The predicted octanol–water partition coefficient (Wildman–Crippen LogP) is 5.66. The van der Waals surface area contributed by atoms with E-state index in [1.807, 2.05) is 121 Å². The highest BCUT2D eigenvalue weighted by molar-refractivity contribution is 5.86. The van der Waals surface area contributed by atoms with Gasteiger partial charge in [0.25, 0.3) is 0 Å². The van der Waals surface area contributed by atoms with Gasteiger partial charge in [0.05, 0.1) is 33.0 Å². The molecule has 6 heteroatoms. The maximum absolute atomic E-state index is 13.8. The van der Waals surface area contributed by atoms with E-state index >= 15 is 0 Å². The molecule has 4 aromatic carbocycles. The summed E-state index contributed by atoms with van der Waals surface area (Å²) in [5, 5.41) is 12.1. The van der Waals surface area contributed by atoms with Crippen LogP contribution in [0.25, 0.3) is 0 Å². The molecular formula is C35H36O6. The fourth-order valence-electron chi connectivity index (χ4n) is 4.92. The van der Waals surface area contributed by atoms with Gasteiger partial charge >= 0.3 is 0 Å². The monoisotopic (exact) mass is 553 g/mol. The lowest BCUT2D eigenvalue weighted by molar-refractivity contribution is -0.240. The molecule has 0 amide bonds. The Morgan fingerprint density at radius 2 is 1.05 bits per heavy atom. The van der Waals surface area contributed by atoms with Gasteiger partial charge in [-0.3, -0.25) is 4.79 Å². The maximum atomic E-state index is 13.8. The molecule has 6 nitrogen and oxygen atoms in total. The van der Waals surface area contributed by atoms with Crippen molar-refractivity contribution < 1.29 is 30.2 Å². The minimum absolute atomic E-state index is 0.142. The first kappa shape index (κ1) is 27.5. The normalized spacial score (nSPS) is 24.6. The van der Waals surface area contributed by atoms with Gasteiger partial charge in [0, 0.05) is 7.77 Å². The summed E-state index contributed by atoms with van der Waals surface area (Å²) in [4.78, 5) is 13.8. The van der Waals surface area contributed by atoms with E-state index in [4.69, 9.17) is 20.3 Å². The highest BCUT2D eigenvalue weighted by Crippen LogP contribution is 2.35. The van der Waals surface area contributed by atoms with Crippen molar-refractivity contribution in [2.24, 2.45) is 0 Å². The Kier molecular flexibility index (Phi) is 9.60. The first-order valence-corrected chi connectivity index (χ1v) is 13.8. The van der Waals surface area contributed by atoms with E-state index in [0.29, 0.717) is 0 Å². The van der Waals surface area contributed by atoms with Crippen LogP contribution in [0.2, 0.25) is 0 Å². The third kappa shape index (κ3) is 7.97. The van der Waals surface area contributed by atoms with Gasteiger partial charge in [0.2, 0.25) is 0 Å². The van der Waals surface area contributed by atoms with Crippen LogP contribution < -0.4 is 0 Å². The number of aliphatic hydroxyl groups is 1. The van der Waals surface area contributed by atoms with Crippen molar-refractivity contribution in [1.82, 2.24) is 0 Å². The smallest absolute Gasteiger partial charge is 0.167 e. The highest BCUT2D eigenvalue weighted by Gasteiger charge is 2.55. The zero-order valence-electron chi connectivity index (χ0n) is 23.9. The van der Waals surface area contributed by atoms with Gasteiger partial charge < -0.3 is 24.1 Å². The summed E-state index contributed by atoms with van der Waals surface area (Å²) in [5.74, 6) is -0.575. The lowest BCUT2D eigenvalue weighted by atomic mass is 9.78. The number of ketones is 1. The van der Waals surface area contributed by atoms with Crippen LogP contribution in [0, 0.1) is 0 Å². The Bertz CT molecular complexity index is 1370. The van der Waals surface area contributed by atoms with Crippen LogP contribution in [0.5, 0.6) is 0 Å². The minimum atomic E-state index is -1.99. The van der Waals surface area contributed by atoms with Crippen molar-refractivity contribution in [2.75, 3.05) is 6.61 Å². The Hall–Kier alpha value is -3.65. The highest BCUT2D eigenvalue weighted by atomic mass is 16.6. The molecule has 1 aliphatic carbocycles. The first-order chi connectivity index (χ1) is 20.5. The molecule has 0 saturated heterocycles. The molecule has 0 spiro atoms. The second-order valence-corrected chi connectivity index (χ2v) is 10.2. The fourth-order valence-corrected chi connectivity index (χ4v) is 4.92. The molecule has 0 aliphatic heterocycles. The molecule has 0 heterocycles. The maximum Gasteiger partial charge on any atom is 0.167 e. The Balaban J connectivity index is 1.44. The summed E-state index contributed by atoms with van der Waals surface area (Å²) in [6, 6.07) is 38.2. The average molecular weight is 554 g/mol. The molecule has 5 rings (SSSR count). The van der Waals surface area contributed by atoms with Crippen molar-refractivity contribution >= 4 is 5.78 Å². The fraction of sp³-hybridized carbons (Fsp3) is 0.286. The molecule has 0 radical (unpaired) electrons. The molecule has 1 N–H and O–H groups in total. The van der Waals surface area contributed by atoms with Crippen molar-refractivity contribution in [3.05, 3.63) is 144 Å². The molecule has 1 saturated carbocycles. The lowest BCUT2D eigenvalue weighted by Gasteiger charge is -2.46.